The fraction of sp³-hybridized carbons (Fsp3) is 0.643. The topological polar surface area (TPSA) is 36.7 Å². The smallest absolute Gasteiger partial charge is 0.320 e. The lowest BCUT2D eigenvalue weighted by molar-refractivity contribution is 0.128. The number of piperidine rings is 1. The van der Waals surface area contributed by atoms with Crippen molar-refractivity contribution in [3.05, 3.63) is 24.2 Å². The van der Waals surface area contributed by atoms with Crippen LogP contribution in [0.15, 0.2) is 22.8 Å². The molecule has 0 spiro atoms. The normalized spacial score (nSPS) is 19.9. The van der Waals surface area contributed by atoms with E-state index < -0.39 is 0 Å². The number of furan rings is 1. The molecule has 100 valence electrons. The van der Waals surface area contributed by atoms with Crippen molar-refractivity contribution in [3.8, 4) is 0 Å². The maximum atomic E-state index is 12.4. The Kier molecular flexibility index (Phi) is 4.28. The second-order valence-corrected chi connectivity index (χ2v) is 5.07. The Hall–Kier alpha value is -1.45. The van der Waals surface area contributed by atoms with Crippen molar-refractivity contribution in [1.82, 2.24) is 9.80 Å². The summed E-state index contributed by atoms with van der Waals surface area (Å²) in [5.74, 6) is 1.46. The fourth-order valence-corrected chi connectivity index (χ4v) is 2.47. The second-order valence-electron chi connectivity index (χ2n) is 5.07. The number of rotatable bonds is 3. The Morgan fingerprint density at radius 3 is 3.06 bits per heavy atom. The van der Waals surface area contributed by atoms with Crippen LogP contribution in [0.2, 0.25) is 0 Å². The summed E-state index contributed by atoms with van der Waals surface area (Å²) in [7, 11) is 0. The van der Waals surface area contributed by atoms with Gasteiger partial charge >= 0.3 is 6.03 Å². The van der Waals surface area contributed by atoms with E-state index in [1.54, 1.807) is 6.26 Å². The Morgan fingerprint density at radius 2 is 2.44 bits per heavy atom. The van der Waals surface area contributed by atoms with Gasteiger partial charge in [-0.05, 0) is 37.8 Å². The van der Waals surface area contributed by atoms with Crippen LogP contribution in [0, 0.1) is 5.92 Å². The van der Waals surface area contributed by atoms with Crippen molar-refractivity contribution < 1.29 is 9.21 Å². The van der Waals surface area contributed by atoms with Gasteiger partial charge in [0.15, 0.2) is 0 Å². The molecule has 4 heteroatoms. The van der Waals surface area contributed by atoms with E-state index in [9.17, 15) is 4.79 Å². The quantitative estimate of drug-likeness (QED) is 0.827. The lowest BCUT2D eigenvalue weighted by Crippen LogP contribution is -2.46. The number of nitrogens with zero attached hydrogens (tertiary/aromatic N) is 2. The lowest BCUT2D eigenvalue weighted by atomic mass is 10.0. The average Bonchev–Trinajstić information content (AvgIpc) is 2.88. The Morgan fingerprint density at radius 1 is 1.61 bits per heavy atom. The zero-order valence-corrected chi connectivity index (χ0v) is 11.3. The van der Waals surface area contributed by atoms with E-state index in [1.165, 1.54) is 6.42 Å². The van der Waals surface area contributed by atoms with Crippen LogP contribution in [0.1, 0.15) is 32.4 Å². The highest BCUT2D eigenvalue weighted by molar-refractivity contribution is 5.74. The number of amides is 2. The minimum absolute atomic E-state index is 0.139. The molecule has 2 heterocycles. The van der Waals surface area contributed by atoms with Gasteiger partial charge in [-0.1, -0.05) is 6.92 Å². The van der Waals surface area contributed by atoms with Crippen LogP contribution in [0.25, 0.3) is 0 Å². The number of urea groups is 1. The minimum atomic E-state index is 0.139. The highest BCUT2D eigenvalue weighted by atomic mass is 16.3. The number of likely N-dealkylation sites (tertiary alicyclic amines) is 1. The van der Waals surface area contributed by atoms with Gasteiger partial charge in [0, 0.05) is 19.6 Å². The summed E-state index contributed by atoms with van der Waals surface area (Å²) in [6.45, 7) is 7.26. The summed E-state index contributed by atoms with van der Waals surface area (Å²) in [6.07, 6.45) is 4.00. The summed E-state index contributed by atoms with van der Waals surface area (Å²) < 4.78 is 5.31. The van der Waals surface area contributed by atoms with E-state index in [-0.39, 0.29) is 6.03 Å². The first-order chi connectivity index (χ1) is 8.70. The average molecular weight is 250 g/mol. The van der Waals surface area contributed by atoms with Crippen LogP contribution in [0.4, 0.5) is 4.79 Å². The maximum absolute atomic E-state index is 12.4. The van der Waals surface area contributed by atoms with Crippen LogP contribution in [-0.4, -0.2) is 35.5 Å². The molecule has 1 unspecified atom stereocenters. The van der Waals surface area contributed by atoms with Gasteiger partial charge in [-0.2, -0.15) is 0 Å². The van der Waals surface area contributed by atoms with Crippen molar-refractivity contribution in [2.45, 2.75) is 33.2 Å². The summed E-state index contributed by atoms with van der Waals surface area (Å²) in [5, 5.41) is 0. The van der Waals surface area contributed by atoms with Gasteiger partial charge in [0.2, 0.25) is 0 Å². The zero-order chi connectivity index (χ0) is 13.0. The number of carbonyl (C=O) groups excluding carboxylic acids is 1. The van der Waals surface area contributed by atoms with E-state index in [2.05, 4.69) is 6.92 Å². The van der Waals surface area contributed by atoms with Crippen molar-refractivity contribution >= 4 is 6.03 Å². The Balaban J connectivity index is 1.96. The first-order valence-corrected chi connectivity index (χ1v) is 6.77. The molecule has 0 bridgehead atoms. The lowest BCUT2D eigenvalue weighted by Gasteiger charge is -2.34. The molecule has 18 heavy (non-hydrogen) atoms. The molecule has 0 radical (unpaired) electrons. The number of hydrogen-bond donors (Lipinski definition) is 0. The standard InChI is InChI=1S/C14H22N2O2/c1-3-15(11-13-7-5-9-18-13)14(17)16-8-4-6-12(2)10-16/h5,7,9,12H,3-4,6,8,10-11H2,1-2H3. The number of hydrogen-bond acceptors (Lipinski definition) is 2. The van der Waals surface area contributed by atoms with E-state index in [1.807, 2.05) is 28.9 Å². The van der Waals surface area contributed by atoms with Crippen molar-refractivity contribution in [3.63, 3.8) is 0 Å². The molecule has 1 aromatic rings. The van der Waals surface area contributed by atoms with E-state index in [4.69, 9.17) is 4.42 Å². The molecule has 0 saturated carbocycles. The third-order valence-corrected chi connectivity index (χ3v) is 3.51. The Bertz CT molecular complexity index is 375. The SMILES string of the molecule is CCN(Cc1ccco1)C(=O)N1CCCC(C)C1. The highest BCUT2D eigenvalue weighted by Crippen LogP contribution is 2.17. The fourth-order valence-electron chi connectivity index (χ4n) is 2.47. The van der Waals surface area contributed by atoms with Gasteiger partial charge in [0.25, 0.3) is 0 Å². The van der Waals surface area contributed by atoms with Crippen molar-refractivity contribution in [2.75, 3.05) is 19.6 Å². The van der Waals surface area contributed by atoms with Gasteiger partial charge in [0.1, 0.15) is 5.76 Å². The third-order valence-electron chi connectivity index (χ3n) is 3.51. The molecule has 0 N–H and O–H groups in total. The molecule has 1 saturated heterocycles. The summed E-state index contributed by atoms with van der Waals surface area (Å²) in [5.41, 5.74) is 0. The van der Waals surface area contributed by atoms with Crippen LogP contribution in [0.3, 0.4) is 0 Å². The second kappa shape index (κ2) is 5.94. The highest BCUT2D eigenvalue weighted by Gasteiger charge is 2.24. The first kappa shape index (κ1) is 13.0. The van der Waals surface area contributed by atoms with Crippen molar-refractivity contribution in [1.29, 1.82) is 0 Å². The van der Waals surface area contributed by atoms with Gasteiger partial charge < -0.3 is 14.2 Å². The van der Waals surface area contributed by atoms with Crippen LogP contribution < -0.4 is 0 Å². The molecule has 2 amide bonds. The largest absolute Gasteiger partial charge is 0.467 e. The molecule has 1 aliphatic heterocycles. The molecule has 0 aromatic carbocycles. The molecular weight excluding hydrogens is 228 g/mol. The number of carbonyl (C=O) groups is 1. The molecule has 1 aromatic heterocycles. The summed E-state index contributed by atoms with van der Waals surface area (Å²) in [6, 6.07) is 3.91. The Labute approximate surface area is 109 Å². The van der Waals surface area contributed by atoms with Crippen LogP contribution in [-0.2, 0) is 6.54 Å². The van der Waals surface area contributed by atoms with Crippen LogP contribution >= 0.6 is 0 Å². The van der Waals surface area contributed by atoms with Gasteiger partial charge in [0.05, 0.1) is 12.8 Å². The minimum Gasteiger partial charge on any atom is -0.467 e. The molecule has 0 aliphatic carbocycles. The molecule has 1 aliphatic rings. The molecular formula is C14H22N2O2. The van der Waals surface area contributed by atoms with Crippen LogP contribution in [0.5, 0.6) is 0 Å². The summed E-state index contributed by atoms with van der Waals surface area (Å²) >= 11 is 0. The predicted molar refractivity (Wildman–Crippen MR) is 70.2 cm³/mol. The predicted octanol–water partition coefficient (Wildman–Crippen LogP) is 2.95. The van der Waals surface area contributed by atoms with Gasteiger partial charge in [-0.25, -0.2) is 4.79 Å². The monoisotopic (exact) mass is 250 g/mol. The third kappa shape index (κ3) is 3.06. The van der Waals surface area contributed by atoms with E-state index in [0.29, 0.717) is 19.0 Å². The zero-order valence-electron chi connectivity index (χ0n) is 11.3. The van der Waals surface area contributed by atoms with Crippen molar-refractivity contribution in [2.24, 2.45) is 5.92 Å². The molecule has 1 fully saturated rings. The molecule has 2 rings (SSSR count). The maximum Gasteiger partial charge on any atom is 0.320 e. The molecule has 1 atom stereocenters. The first-order valence-electron chi connectivity index (χ1n) is 6.77. The molecule has 4 nitrogen and oxygen atoms in total. The van der Waals surface area contributed by atoms with Gasteiger partial charge in [-0.3, -0.25) is 0 Å². The van der Waals surface area contributed by atoms with Gasteiger partial charge in [-0.15, -0.1) is 0 Å². The van der Waals surface area contributed by atoms with E-state index >= 15 is 0 Å². The summed E-state index contributed by atoms with van der Waals surface area (Å²) in [4.78, 5) is 16.2. The van der Waals surface area contributed by atoms with E-state index in [0.717, 1.165) is 25.3 Å².